The van der Waals surface area contributed by atoms with Gasteiger partial charge in [0.15, 0.2) is 0 Å². The van der Waals surface area contributed by atoms with Crippen LogP contribution in [0.3, 0.4) is 0 Å². The van der Waals surface area contributed by atoms with Gasteiger partial charge in [-0.15, -0.1) is 11.8 Å². The Morgan fingerprint density at radius 3 is 2.83 bits per heavy atom. The zero-order chi connectivity index (χ0) is 21.2. The molecule has 3 amide bonds. The number of nitrogens with zero attached hydrogens (tertiary/aromatic N) is 2. The smallest absolute Gasteiger partial charge is 0.326 e. The van der Waals surface area contributed by atoms with E-state index in [1.54, 1.807) is 22.9 Å². The van der Waals surface area contributed by atoms with Crippen molar-refractivity contribution in [3.63, 3.8) is 0 Å². The van der Waals surface area contributed by atoms with E-state index in [-0.39, 0.29) is 11.9 Å². The lowest BCUT2D eigenvalue weighted by molar-refractivity contribution is -0.120. The molecule has 0 saturated heterocycles. The SMILES string of the molecule is CCCSCCCNC(=O)Cc1ccc(NC(=O)N2CCSc3ncccc32)cc1. The third-order valence-electron chi connectivity index (χ3n) is 4.55. The molecule has 160 valence electrons. The van der Waals surface area contributed by atoms with Gasteiger partial charge in [0.25, 0.3) is 0 Å². The molecule has 0 spiro atoms. The van der Waals surface area contributed by atoms with Crippen LogP contribution in [0.1, 0.15) is 25.3 Å². The molecule has 30 heavy (non-hydrogen) atoms. The first-order valence-electron chi connectivity index (χ1n) is 10.3. The van der Waals surface area contributed by atoms with E-state index >= 15 is 0 Å². The van der Waals surface area contributed by atoms with Gasteiger partial charge in [-0.25, -0.2) is 9.78 Å². The number of nitrogens with one attached hydrogen (secondary N) is 2. The van der Waals surface area contributed by atoms with Gasteiger partial charge in [0, 0.05) is 30.7 Å². The fourth-order valence-electron chi connectivity index (χ4n) is 3.06. The molecule has 2 aromatic rings. The summed E-state index contributed by atoms with van der Waals surface area (Å²) in [7, 11) is 0. The lowest BCUT2D eigenvalue weighted by atomic mass is 10.1. The number of pyridine rings is 1. The Balaban J connectivity index is 1.46. The van der Waals surface area contributed by atoms with Crippen molar-refractivity contribution in [2.24, 2.45) is 0 Å². The molecule has 0 fully saturated rings. The number of aromatic nitrogens is 1. The van der Waals surface area contributed by atoms with Crippen LogP contribution in [0.5, 0.6) is 0 Å². The predicted molar refractivity (Wildman–Crippen MR) is 127 cm³/mol. The first-order valence-corrected chi connectivity index (χ1v) is 12.4. The molecule has 1 aromatic carbocycles. The summed E-state index contributed by atoms with van der Waals surface area (Å²) in [5.41, 5.74) is 2.48. The maximum absolute atomic E-state index is 12.7. The van der Waals surface area contributed by atoms with Crippen molar-refractivity contribution in [3.05, 3.63) is 48.2 Å². The van der Waals surface area contributed by atoms with Crippen LogP contribution in [-0.4, -0.2) is 47.3 Å². The highest BCUT2D eigenvalue weighted by Gasteiger charge is 2.23. The van der Waals surface area contributed by atoms with Crippen LogP contribution >= 0.6 is 23.5 Å². The van der Waals surface area contributed by atoms with Gasteiger partial charge in [0.1, 0.15) is 5.03 Å². The minimum Gasteiger partial charge on any atom is -0.356 e. The number of thioether (sulfide) groups is 2. The molecule has 2 N–H and O–H groups in total. The molecule has 1 aromatic heterocycles. The second-order valence-corrected chi connectivity index (χ2v) is 9.26. The Bertz CT molecular complexity index is 845. The molecule has 0 bridgehead atoms. The lowest BCUT2D eigenvalue weighted by Gasteiger charge is -2.28. The normalized spacial score (nSPS) is 12.9. The first-order chi connectivity index (χ1) is 14.7. The summed E-state index contributed by atoms with van der Waals surface area (Å²) in [6.07, 6.45) is 4.27. The predicted octanol–water partition coefficient (Wildman–Crippen LogP) is 4.42. The Kier molecular flexibility index (Phi) is 8.89. The highest BCUT2D eigenvalue weighted by Crippen LogP contribution is 2.32. The quantitative estimate of drug-likeness (QED) is 0.560. The highest BCUT2D eigenvalue weighted by atomic mass is 32.2. The average molecular weight is 445 g/mol. The average Bonchev–Trinajstić information content (AvgIpc) is 2.77. The van der Waals surface area contributed by atoms with Crippen molar-refractivity contribution in [2.75, 3.05) is 40.6 Å². The van der Waals surface area contributed by atoms with Gasteiger partial charge < -0.3 is 10.6 Å². The minimum atomic E-state index is -0.170. The number of rotatable bonds is 9. The number of hydrogen-bond donors (Lipinski definition) is 2. The standard InChI is InChI=1S/C22H28N4O2S2/c1-2-13-29-14-4-11-23-20(27)16-17-6-8-18(9-7-17)25-22(28)26-12-15-30-21-19(26)5-3-10-24-21/h3,5-10H,2,4,11-16H2,1H3,(H,23,27)(H,25,28). The molecule has 1 aliphatic heterocycles. The summed E-state index contributed by atoms with van der Waals surface area (Å²) >= 11 is 3.59. The van der Waals surface area contributed by atoms with Gasteiger partial charge >= 0.3 is 6.03 Å². The van der Waals surface area contributed by atoms with Crippen molar-refractivity contribution in [1.82, 2.24) is 10.3 Å². The number of hydrogen-bond acceptors (Lipinski definition) is 5. The molecular formula is C22H28N4O2S2. The van der Waals surface area contributed by atoms with Gasteiger partial charge in [-0.05, 0) is 54.2 Å². The van der Waals surface area contributed by atoms with Crippen molar-refractivity contribution >= 4 is 46.8 Å². The molecule has 0 radical (unpaired) electrons. The second-order valence-electron chi connectivity index (χ2n) is 6.95. The second kappa shape index (κ2) is 11.9. The summed E-state index contributed by atoms with van der Waals surface area (Å²) in [4.78, 5) is 30.9. The highest BCUT2D eigenvalue weighted by molar-refractivity contribution is 7.99. The van der Waals surface area contributed by atoms with E-state index in [0.717, 1.165) is 34.2 Å². The Morgan fingerprint density at radius 1 is 1.20 bits per heavy atom. The van der Waals surface area contributed by atoms with Crippen molar-refractivity contribution in [1.29, 1.82) is 0 Å². The Morgan fingerprint density at radius 2 is 2.03 bits per heavy atom. The first kappa shape index (κ1) is 22.5. The Labute approximate surface area is 186 Å². The van der Waals surface area contributed by atoms with Crippen LogP contribution in [-0.2, 0) is 11.2 Å². The van der Waals surface area contributed by atoms with E-state index in [2.05, 4.69) is 22.5 Å². The third kappa shape index (κ3) is 6.67. The van der Waals surface area contributed by atoms with E-state index in [1.807, 2.05) is 48.2 Å². The van der Waals surface area contributed by atoms with Crippen molar-refractivity contribution in [3.8, 4) is 0 Å². The topological polar surface area (TPSA) is 74.3 Å². The number of urea groups is 1. The number of amides is 3. The zero-order valence-electron chi connectivity index (χ0n) is 17.2. The fraction of sp³-hybridized carbons (Fsp3) is 0.409. The maximum Gasteiger partial charge on any atom is 0.326 e. The summed E-state index contributed by atoms with van der Waals surface area (Å²) < 4.78 is 0. The maximum atomic E-state index is 12.7. The molecule has 8 heteroatoms. The summed E-state index contributed by atoms with van der Waals surface area (Å²) in [6, 6.07) is 11.0. The van der Waals surface area contributed by atoms with Gasteiger partial charge in [0.05, 0.1) is 12.1 Å². The van der Waals surface area contributed by atoms with Crippen LogP contribution in [0.4, 0.5) is 16.2 Å². The molecule has 6 nitrogen and oxygen atoms in total. The summed E-state index contributed by atoms with van der Waals surface area (Å²) in [5, 5.41) is 6.79. The number of anilines is 2. The number of carbonyl (C=O) groups is 2. The van der Waals surface area contributed by atoms with E-state index in [9.17, 15) is 9.59 Å². The molecule has 0 saturated carbocycles. The number of fused-ring (bicyclic) bond motifs is 1. The van der Waals surface area contributed by atoms with Gasteiger partial charge in [0.2, 0.25) is 5.91 Å². The van der Waals surface area contributed by atoms with E-state index in [1.165, 1.54) is 12.2 Å². The zero-order valence-corrected chi connectivity index (χ0v) is 18.9. The Hall–Kier alpha value is -2.19. The molecule has 3 rings (SSSR count). The van der Waals surface area contributed by atoms with Crippen LogP contribution < -0.4 is 15.5 Å². The van der Waals surface area contributed by atoms with Gasteiger partial charge in [-0.1, -0.05) is 19.1 Å². The molecular weight excluding hydrogens is 416 g/mol. The number of benzene rings is 1. The minimum absolute atomic E-state index is 0.0298. The lowest BCUT2D eigenvalue weighted by Crippen LogP contribution is -2.38. The fourth-order valence-corrected chi connectivity index (χ4v) is 4.83. The van der Waals surface area contributed by atoms with Crippen molar-refractivity contribution in [2.45, 2.75) is 31.2 Å². The number of carbonyl (C=O) groups excluding carboxylic acids is 2. The molecule has 0 unspecified atom stereocenters. The van der Waals surface area contributed by atoms with Gasteiger partial charge in [-0.2, -0.15) is 11.8 Å². The van der Waals surface area contributed by atoms with E-state index in [4.69, 9.17) is 0 Å². The largest absolute Gasteiger partial charge is 0.356 e. The van der Waals surface area contributed by atoms with E-state index < -0.39 is 0 Å². The monoisotopic (exact) mass is 444 g/mol. The van der Waals surface area contributed by atoms with Gasteiger partial charge in [-0.3, -0.25) is 9.69 Å². The molecule has 2 heterocycles. The molecule has 0 atom stereocenters. The van der Waals surface area contributed by atoms with Crippen LogP contribution in [0.25, 0.3) is 0 Å². The summed E-state index contributed by atoms with van der Waals surface area (Å²) in [5.74, 6) is 3.11. The molecule has 1 aliphatic rings. The third-order valence-corrected chi connectivity index (χ3v) is 6.80. The van der Waals surface area contributed by atoms with E-state index in [0.29, 0.717) is 25.2 Å². The summed E-state index contributed by atoms with van der Waals surface area (Å²) in [6.45, 7) is 3.54. The van der Waals surface area contributed by atoms with Crippen molar-refractivity contribution < 1.29 is 9.59 Å². The van der Waals surface area contributed by atoms with Crippen LogP contribution in [0.15, 0.2) is 47.6 Å². The molecule has 0 aliphatic carbocycles. The van der Waals surface area contributed by atoms with Crippen LogP contribution in [0.2, 0.25) is 0 Å². The van der Waals surface area contributed by atoms with Crippen LogP contribution in [0, 0.1) is 0 Å².